The Morgan fingerprint density at radius 1 is 0.287 bits per heavy atom. The first-order valence-electron chi connectivity index (χ1n) is 58.4. The molecule has 0 spiro atoms. The third-order valence-corrected chi connectivity index (χ3v) is 48.5. The van der Waals surface area contributed by atoms with E-state index < -0.39 is 0 Å². The molecule has 129 heavy (non-hydrogen) atoms. The molecule has 16 bridgehead atoms. The number of hydrogen-bond donors (Lipinski definition) is 0. The van der Waals surface area contributed by atoms with Crippen LogP contribution in [0.5, 0.6) is 0 Å². The second-order valence-electron chi connectivity index (χ2n) is 58.6. The molecule has 24 aliphatic carbocycles. The quantitative estimate of drug-likeness (QED) is 0.171. The van der Waals surface area contributed by atoms with Gasteiger partial charge in [-0.15, -0.1) is 0 Å². The molecule has 0 aromatic heterocycles. The molecule has 0 radical (unpaired) electrons. The summed E-state index contributed by atoms with van der Waals surface area (Å²) >= 11 is 0. The Bertz CT molecular complexity index is 4020. The van der Waals surface area contributed by atoms with Crippen LogP contribution in [-0.2, 0) is 0 Å². The van der Waals surface area contributed by atoms with Gasteiger partial charge in [0, 0.05) is 0 Å². The Kier molecular flexibility index (Phi) is 28.9. The fourth-order valence-electron chi connectivity index (χ4n) is 42.0. The van der Waals surface area contributed by atoms with Crippen LogP contribution in [0.1, 0.15) is 400 Å². The zero-order chi connectivity index (χ0) is 92.2. The van der Waals surface area contributed by atoms with Gasteiger partial charge in [0.05, 0.1) is 0 Å². The minimum atomic E-state index is 0.511. The summed E-state index contributed by atoms with van der Waals surface area (Å²) in [5.74, 6) is 43.8. The van der Waals surface area contributed by atoms with Gasteiger partial charge < -0.3 is 0 Å². The Balaban J connectivity index is 0.000000104. The molecule has 16 saturated carbocycles. The van der Waals surface area contributed by atoms with Crippen molar-refractivity contribution in [1.82, 2.24) is 0 Å². The van der Waals surface area contributed by atoms with Crippen LogP contribution in [0.15, 0.2) is 97.2 Å². The average molecular weight is 1760 g/mol. The highest BCUT2D eigenvalue weighted by atomic mass is 14.7. The summed E-state index contributed by atoms with van der Waals surface area (Å²) in [7, 11) is 0. The molecule has 0 heterocycles. The van der Waals surface area contributed by atoms with Crippen LogP contribution in [0, 0.1) is 310 Å². The van der Waals surface area contributed by atoms with E-state index in [1.807, 2.05) is 0 Å². The lowest BCUT2D eigenvalue weighted by molar-refractivity contribution is 0.0899. The molecule has 24 rings (SSSR count). The Hall–Kier alpha value is -2.08. The van der Waals surface area contributed by atoms with Crippen LogP contribution in [0.25, 0.3) is 0 Å². The van der Waals surface area contributed by atoms with Crippen molar-refractivity contribution in [3.05, 3.63) is 97.2 Å². The minimum Gasteiger partial charge on any atom is -0.0854 e. The number of rotatable bonds is 12. The van der Waals surface area contributed by atoms with Crippen molar-refractivity contribution >= 4 is 0 Å². The summed E-state index contributed by atoms with van der Waals surface area (Å²) in [6.45, 7) is 71.5. The topological polar surface area (TPSA) is 0 Å². The fourth-order valence-corrected chi connectivity index (χ4v) is 42.0. The largest absolute Gasteiger partial charge is 0.0854 e. The van der Waals surface area contributed by atoms with Crippen molar-refractivity contribution in [2.45, 2.75) is 400 Å². The highest BCUT2D eigenvalue weighted by molar-refractivity contribution is 5.23. The zero-order valence-electron chi connectivity index (χ0n) is 90.1. The lowest BCUT2D eigenvalue weighted by atomic mass is 9.62. The molecule has 0 nitrogen and oxygen atoms in total. The molecule has 0 aromatic carbocycles. The highest BCUT2D eigenvalue weighted by Gasteiger charge is 2.63. The normalized spacial score (nSPS) is 57.1. The van der Waals surface area contributed by atoms with E-state index in [-0.39, 0.29) is 0 Å². The Morgan fingerprint density at radius 3 is 1.12 bits per heavy atom. The van der Waals surface area contributed by atoms with E-state index in [1.54, 1.807) is 19.3 Å². The number of fused-ring (bicyclic) bond motifs is 16. The molecule has 52 unspecified atom stereocenters. The molecule has 0 amide bonds. The van der Waals surface area contributed by atoms with Crippen molar-refractivity contribution in [3.8, 4) is 0 Å². The summed E-state index contributed by atoms with van der Waals surface area (Å²) in [6.07, 6.45) is 86.4. The molecule has 52 atom stereocenters. The second-order valence-corrected chi connectivity index (χ2v) is 58.6. The van der Waals surface area contributed by atoms with Crippen molar-refractivity contribution < 1.29 is 0 Å². The second kappa shape index (κ2) is 37.8. The first-order chi connectivity index (χ1) is 60.8. The average Bonchev–Trinajstić information content (AvgIpc) is 1.58. The third kappa shape index (κ3) is 19.3. The minimum absolute atomic E-state index is 0.511. The lowest BCUT2D eigenvalue weighted by Crippen LogP contribution is -2.34. The molecule has 16 fully saturated rings. The van der Waals surface area contributed by atoms with Gasteiger partial charge in [0.15, 0.2) is 0 Å². The monoisotopic (exact) mass is 1760 g/mol. The maximum absolute atomic E-state index is 2.58. The summed E-state index contributed by atoms with van der Waals surface area (Å²) in [4.78, 5) is 0. The van der Waals surface area contributed by atoms with Gasteiger partial charge in [0.25, 0.3) is 0 Å². The van der Waals surface area contributed by atoms with Gasteiger partial charge in [-0.05, 0) is 496 Å². The van der Waals surface area contributed by atoms with Gasteiger partial charge >= 0.3 is 0 Å². The first kappa shape index (κ1) is 98.5. The van der Waals surface area contributed by atoms with E-state index in [0.29, 0.717) is 43.3 Å². The SMILES string of the molecule is CC(C)CC1CC2(C)CC1C(C1(C)C=CC(C)C1)C2.CC1C=CC(C)(C2CC3(C)CC(C)C2C3)C1.CC1C=CC(C)(C2CC3CCC2(C)C3)C1.CC1C=CC(C2CC3CC(C)C2C3C)C1C.CC1C=CC(C2CC3CC2C(C)C3C)C1.CC1C=CC(C2CC3CCC2C3C)C1C.CCC1C2CC(C3C=CC(C)C3)C(C2)C1C.CCC1CC2(C)CC1C(C1(C)C=CC(C)C1)C2. The highest BCUT2D eigenvalue weighted by Crippen LogP contribution is 2.72. The van der Waals surface area contributed by atoms with Crippen LogP contribution < -0.4 is 0 Å². The maximum atomic E-state index is 2.58. The summed E-state index contributed by atoms with van der Waals surface area (Å²) in [6, 6.07) is 0. The third-order valence-electron chi connectivity index (χ3n) is 48.5. The molecule has 726 valence electrons. The van der Waals surface area contributed by atoms with E-state index in [1.165, 1.54) is 180 Å². The Morgan fingerprint density at radius 2 is 0.736 bits per heavy atom. The molecule has 0 aliphatic heterocycles. The lowest BCUT2D eigenvalue weighted by Gasteiger charge is -2.42. The van der Waals surface area contributed by atoms with Gasteiger partial charge in [0.1, 0.15) is 0 Å². The van der Waals surface area contributed by atoms with Crippen LogP contribution in [0.4, 0.5) is 0 Å². The first-order valence-corrected chi connectivity index (χ1v) is 58.4. The molecule has 0 aromatic rings. The van der Waals surface area contributed by atoms with Crippen LogP contribution >= 0.6 is 0 Å². The predicted octanol–water partition coefficient (Wildman–Crippen LogP) is 37.0. The van der Waals surface area contributed by atoms with Crippen molar-refractivity contribution in [2.75, 3.05) is 0 Å². The van der Waals surface area contributed by atoms with E-state index >= 15 is 0 Å². The van der Waals surface area contributed by atoms with Crippen LogP contribution in [0.3, 0.4) is 0 Å². The smallest absolute Gasteiger partial charge is 0.0107 e. The standard InChI is InChI=1S/C19H32.C17H28.3C16H26.3C15H24/c1-13(2)8-15-10-18(4)11-16(15)17(12-18)19(5)7-6-14(3)9-19;1-5-13-9-16(3)10-14(13)15(11-16)17(4)7-6-12(2)8-17;1-11-5-6-16(4,7-11)14-10-15(3)8-12(2)13(14)9-15;1-9-5-6-14(11(9)3)15-8-13-7-10(2)16(15)12(13)4;1-4-14-11(3)15-8-13(14)9-16(15)12-6-5-10(2)7-12;1-11-4-6-14(2,9-11)13-8-12-5-7-15(13,3)10-12;1-9-4-6-13(10(9)2)15-8-12-5-7-14(15)11(12)3;1-9-4-5-12(6-9)15-8-13-7-14(15)11(3)10(13)2/h6-7,13-17H,8-12H2,1-5H3;6-7,12-15H,5,8-11H2,1-4H3;5-6,11-14H,7-10H2,1-4H3;5-6,9-16H,7-8H2,1-4H3;5-6,10-16H,4,7-9H2,1-3H3;4,6,11-13H,5,7-10H2,1-3H3;4,6,9-15H,5,7-8H2,1-3H3;4-5,9-15H,6-8H2,1-3H3. The summed E-state index contributed by atoms with van der Waals surface area (Å²) in [5, 5.41) is 0. The molecular weight excluding hydrogens is 1550 g/mol. The van der Waals surface area contributed by atoms with Gasteiger partial charge in [-0.2, -0.15) is 0 Å². The van der Waals surface area contributed by atoms with Crippen molar-refractivity contribution in [3.63, 3.8) is 0 Å². The van der Waals surface area contributed by atoms with Gasteiger partial charge in [-0.1, -0.05) is 311 Å². The van der Waals surface area contributed by atoms with E-state index in [2.05, 4.69) is 298 Å². The van der Waals surface area contributed by atoms with Crippen LogP contribution in [-0.4, -0.2) is 0 Å². The van der Waals surface area contributed by atoms with Crippen LogP contribution in [0.2, 0.25) is 0 Å². The Labute approximate surface area is 801 Å². The molecule has 0 heteroatoms. The zero-order valence-corrected chi connectivity index (χ0v) is 90.1. The fraction of sp³-hybridized carbons (Fsp3) is 0.876. The molecular formula is C129H210. The van der Waals surface area contributed by atoms with Gasteiger partial charge in [0.2, 0.25) is 0 Å². The van der Waals surface area contributed by atoms with Gasteiger partial charge in [-0.25, -0.2) is 0 Å². The van der Waals surface area contributed by atoms with E-state index in [4.69, 9.17) is 0 Å². The number of allylic oxidation sites excluding steroid dienone is 16. The summed E-state index contributed by atoms with van der Waals surface area (Å²) < 4.78 is 0. The summed E-state index contributed by atoms with van der Waals surface area (Å²) in [5.41, 5.74) is 4.84. The molecule has 24 aliphatic rings. The van der Waals surface area contributed by atoms with E-state index in [0.717, 1.165) is 266 Å². The number of hydrogen-bond acceptors (Lipinski definition) is 0. The van der Waals surface area contributed by atoms with Crippen molar-refractivity contribution in [1.29, 1.82) is 0 Å². The van der Waals surface area contributed by atoms with Gasteiger partial charge in [-0.3, -0.25) is 0 Å². The predicted molar refractivity (Wildman–Crippen MR) is 557 cm³/mol. The molecule has 0 saturated heterocycles. The van der Waals surface area contributed by atoms with Crippen molar-refractivity contribution in [2.24, 2.45) is 310 Å². The van der Waals surface area contributed by atoms with E-state index in [9.17, 15) is 0 Å². The molecule has 0 N–H and O–H groups in total. The maximum Gasteiger partial charge on any atom is -0.0107 e.